The Kier molecular flexibility index (Phi) is 6.38. The van der Waals surface area contributed by atoms with Crippen LogP contribution in [0.3, 0.4) is 0 Å². The van der Waals surface area contributed by atoms with Crippen molar-refractivity contribution in [2.45, 2.75) is 58.0 Å². The number of halogens is 2. The molecule has 0 radical (unpaired) electrons. The number of allylic oxidation sites excluding steroid dienone is 1. The zero-order valence-corrected chi connectivity index (χ0v) is 23.8. The van der Waals surface area contributed by atoms with Crippen molar-refractivity contribution < 1.29 is 18.7 Å². The van der Waals surface area contributed by atoms with E-state index in [4.69, 9.17) is 5.73 Å². The van der Waals surface area contributed by atoms with Crippen molar-refractivity contribution in [3.8, 4) is 5.69 Å². The fourth-order valence-corrected chi connectivity index (χ4v) is 6.75. The van der Waals surface area contributed by atoms with Gasteiger partial charge in [0.25, 0.3) is 5.56 Å². The van der Waals surface area contributed by atoms with Crippen LogP contribution in [0.5, 0.6) is 0 Å². The van der Waals surface area contributed by atoms with Crippen molar-refractivity contribution in [2.75, 3.05) is 0 Å². The van der Waals surface area contributed by atoms with Crippen LogP contribution in [0.2, 0.25) is 0 Å². The number of carbonyl (C=O) groups excluding carboxylic acids is 1. The maximum absolute atomic E-state index is 16.2. The smallest absolute Gasteiger partial charge is 0.335 e. The van der Waals surface area contributed by atoms with Gasteiger partial charge in [-0.1, -0.05) is 18.2 Å². The zero-order valence-electron chi connectivity index (χ0n) is 23.8. The number of benzene rings is 2. The van der Waals surface area contributed by atoms with Gasteiger partial charge in [0.1, 0.15) is 11.6 Å². The molecule has 4 aromatic rings. The number of nitrogens with zero attached hydrogens (tertiary/aromatic N) is 2. The molecule has 1 unspecified atom stereocenters. The fourth-order valence-electron chi connectivity index (χ4n) is 6.75. The average molecular weight is 575 g/mol. The highest BCUT2D eigenvalue weighted by Gasteiger charge is 2.40. The Hall–Kier alpha value is -4.31. The molecule has 218 valence electrons. The molecule has 0 bridgehead atoms. The summed E-state index contributed by atoms with van der Waals surface area (Å²) in [4.78, 5) is 42.8. The number of hydrogen-bond donors (Lipinski definition) is 3. The first-order chi connectivity index (χ1) is 19.8. The molecular formula is C32H32F2N4O4. The highest BCUT2D eigenvalue weighted by molar-refractivity contribution is 5.93. The van der Waals surface area contributed by atoms with Gasteiger partial charge >= 0.3 is 5.69 Å². The van der Waals surface area contributed by atoms with Crippen molar-refractivity contribution in [3.63, 3.8) is 0 Å². The lowest BCUT2D eigenvalue weighted by molar-refractivity contribution is -0.119. The number of rotatable bonds is 4. The Labute approximate surface area is 240 Å². The SMILES string of the molecule is Cc1c(C2=C(F)CC(C(N)=O)c3[nH]c4c(c32)CC[C@H](C(C)(C)O)C4)cccc1-n1c(=O)c2cccc(F)c2n(C)c1=O. The Bertz CT molecular complexity index is 1960. The number of carbonyl (C=O) groups is 1. The number of nitrogens with one attached hydrogen (secondary N) is 1. The van der Waals surface area contributed by atoms with Gasteiger partial charge in [-0.3, -0.25) is 14.2 Å². The molecule has 2 aromatic carbocycles. The van der Waals surface area contributed by atoms with Crippen LogP contribution in [0.15, 0.2) is 51.8 Å². The van der Waals surface area contributed by atoms with Crippen molar-refractivity contribution in [1.29, 1.82) is 0 Å². The summed E-state index contributed by atoms with van der Waals surface area (Å²) in [5.74, 6) is -2.76. The first-order valence-corrected chi connectivity index (χ1v) is 14.0. The summed E-state index contributed by atoms with van der Waals surface area (Å²) in [6.45, 7) is 5.24. The Morgan fingerprint density at radius 3 is 2.52 bits per heavy atom. The second-order valence-electron chi connectivity index (χ2n) is 12.0. The van der Waals surface area contributed by atoms with Gasteiger partial charge < -0.3 is 15.8 Å². The highest BCUT2D eigenvalue weighted by Crippen LogP contribution is 2.48. The predicted octanol–water partition coefficient (Wildman–Crippen LogP) is 4.04. The molecule has 2 aromatic heterocycles. The lowest BCUT2D eigenvalue weighted by Gasteiger charge is -2.33. The lowest BCUT2D eigenvalue weighted by Crippen LogP contribution is -2.38. The quantitative estimate of drug-likeness (QED) is 0.340. The molecule has 10 heteroatoms. The molecule has 4 N–H and O–H groups in total. The molecule has 2 atom stereocenters. The van der Waals surface area contributed by atoms with Gasteiger partial charge in [0, 0.05) is 36.0 Å². The van der Waals surface area contributed by atoms with Crippen LogP contribution >= 0.6 is 0 Å². The van der Waals surface area contributed by atoms with E-state index < -0.39 is 40.3 Å². The highest BCUT2D eigenvalue weighted by atomic mass is 19.1. The first kappa shape index (κ1) is 27.8. The van der Waals surface area contributed by atoms with E-state index in [1.807, 2.05) is 0 Å². The average Bonchev–Trinajstić information content (AvgIpc) is 3.30. The standard InChI is InChI=1S/C32H32F2N4O4/c1-15-17(7-6-10-24(15)38-30(40)19-8-5-9-21(33)28(19)37(4)31(38)41)25-22(34)14-20(29(35)39)27-26(25)18-12-11-16(32(2,3)42)13-23(18)36-27/h5-10,16,20,36,42H,11-14H2,1-4H3,(H2,35,39)/t16-,20?/m0/s1. The summed E-state index contributed by atoms with van der Waals surface area (Å²) in [6, 6.07) is 9.02. The van der Waals surface area contributed by atoms with E-state index >= 15 is 4.39 Å². The molecule has 8 nitrogen and oxygen atoms in total. The molecule has 0 fully saturated rings. The van der Waals surface area contributed by atoms with Crippen LogP contribution in [-0.4, -0.2) is 30.7 Å². The van der Waals surface area contributed by atoms with Gasteiger partial charge in [-0.25, -0.2) is 18.1 Å². The second kappa shape index (κ2) is 9.62. The fraction of sp³-hybridized carbons (Fsp3) is 0.344. The van der Waals surface area contributed by atoms with Crippen molar-refractivity contribution >= 4 is 22.4 Å². The largest absolute Gasteiger partial charge is 0.390 e. The van der Waals surface area contributed by atoms with Crippen LogP contribution in [0.4, 0.5) is 8.78 Å². The van der Waals surface area contributed by atoms with Crippen molar-refractivity contribution in [2.24, 2.45) is 18.7 Å². The number of hydrogen-bond acceptors (Lipinski definition) is 4. The Balaban J connectivity index is 1.58. The topological polar surface area (TPSA) is 123 Å². The van der Waals surface area contributed by atoms with E-state index in [2.05, 4.69) is 4.98 Å². The minimum absolute atomic E-state index is 0.0275. The number of aromatic nitrogens is 3. The minimum Gasteiger partial charge on any atom is -0.390 e. The van der Waals surface area contributed by atoms with Gasteiger partial charge in [0.15, 0.2) is 0 Å². The normalized spacial score (nSPS) is 18.7. The van der Waals surface area contributed by atoms with Crippen LogP contribution in [0.1, 0.15) is 66.2 Å². The molecule has 0 aliphatic heterocycles. The first-order valence-electron chi connectivity index (χ1n) is 14.0. The van der Waals surface area contributed by atoms with Gasteiger partial charge in [-0.2, -0.15) is 0 Å². The molecule has 0 saturated carbocycles. The van der Waals surface area contributed by atoms with Gasteiger partial charge in [-0.05, 0) is 80.8 Å². The summed E-state index contributed by atoms with van der Waals surface area (Å²) in [5.41, 5.74) is 7.61. The van der Waals surface area contributed by atoms with Crippen molar-refractivity contribution in [1.82, 2.24) is 14.1 Å². The summed E-state index contributed by atoms with van der Waals surface area (Å²) >= 11 is 0. The molecular weight excluding hydrogens is 542 g/mol. The maximum atomic E-state index is 16.2. The second-order valence-corrected chi connectivity index (χ2v) is 12.0. The number of primary amides is 1. The molecule has 1 amide bonds. The van der Waals surface area contributed by atoms with E-state index in [1.54, 1.807) is 39.0 Å². The van der Waals surface area contributed by atoms with Crippen LogP contribution < -0.4 is 17.0 Å². The van der Waals surface area contributed by atoms with E-state index in [-0.39, 0.29) is 34.5 Å². The van der Waals surface area contributed by atoms with Crippen LogP contribution in [0.25, 0.3) is 22.2 Å². The molecule has 6 rings (SSSR count). The Morgan fingerprint density at radius 2 is 1.83 bits per heavy atom. The monoisotopic (exact) mass is 574 g/mol. The van der Waals surface area contributed by atoms with Crippen LogP contribution in [0, 0.1) is 18.7 Å². The maximum Gasteiger partial charge on any atom is 0.335 e. The summed E-state index contributed by atoms with van der Waals surface area (Å²) < 4.78 is 32.8. The zero-order chi connectivity index (χ0) is 30.2. The number of H-pyrrole nitrogens is 1. The number of aliphatic hydroxyl groups is 1. The molecule has 2 heterocycles. The predicted molar refractivity (Wildman–Crippen MR) is 156 cm³/mol. The van der Waals surface area contributed by atoms with Gasteiger partial charge in [0.2, 0.25) is 5.91 Å². The third kappa shape index (κ3) is 4.07. The van der Waals surface area contributed by atoms with Gasteiger partial charge in [-0.15, -0.1) is 0 Å². The molecule has 42 heavy (non-hydrogen) atoms. The third-order valence-corrected chi connectivity index (χ3v) is 9.06. The van der Waals surface area contributed by atoms with E-state index in [9.17, 15) is 23.9 Å². The Morgan fingerprint density at radius 1 is 1.12 bits per heavy atom. The number of para-hydroxylation sites is 1. The van der Waals surface area contributed by atoms with Gasteiger partial charge in [0.05, 0.1) is 28.1 Å². The van der Waals surface area contributed by atoms with Crippen LogP contribution in [-0.2, 0) is 24.7 Å². The number of aromatic amines is 1. The number of nitrogens with two attached hydrogens (primary N) is 1. The summed E-state index contributed by atoms with van der Waals surface area (Å²) in [5, 5.41) is 10.7. The molecule has 0 spiro atoms. The number of aryl methyl sites for hydroxylation is 1. The molecule has 0 saturated heterocycles. The minimum atomic E-state index is -0.913. The molecule has 2 aliphatic rings. The van der Waals surface area contributed by atoms with Crippen molar-refractivity contribution in [3.05, 3.63) is 103 Å². The van der Waals surface area contributed by atoms with E-state index in [1.165, 1.54) is 25.2 Å². The summed E-state index contributed by atoms with van der Waals surface area (Å²) in [6.07, 6.45) is 1.54. The number of amides is 1. The van der Waals surface area contributed by atoms with E-state index in [0.29, 0.717) is 41.6 Å². The van der Waals surface area contributed by atoms with E-state index in [0.717, 1.165) is 20.4 Å². The number of fused-ring (bicyclic) bond motifs is 4. The molecule has 2 aliphatic carbocycles. The third-order valence-electron chi connectivity index (χ3n) is 9.06. The summed E-state index contributed by atoms with van der Waals surface area (Å²) in [7, 11) is 1.40. The lowest BCUT2D eigenvalue weighted by atomic mass is 9.75.